The van der Waals surface area contributed by atoms with E-state index in [1.54, 1.807) is 0 Å². The van der Waals surface area contributed by atoms with Gasteiger partial charge in [0.2, 0.25) is 5.91 Å². The topological polar surface area (TPSA) is 76.1 Å². The van der Waals surface area contributed by atoms with Crippen molar-refractivity contribution in [3.8, 4) is 5.75 Å². The van der Waals surface area contributed by atoms with Gasteiger partial charge in [-0.05, 0) is 74.6 Å². The molecule has 1 N–H and O–H groups in total. The molecule has 2 saturated heterocycles. The number of benzene rings is 2. The van der Waals surface area contributed by atoms with Crippen molar-refractivity contribution in [2.75, 3.05) is 13.2 Å². The molecule has 2 aromatic rings. The molecular weight excluding hydrogens is 454 g/mol. The minimum Gasteiger partial charge on any atom is -0.487 e. The lowest BCUT2D eigenvalue weighted by atomic mass is 9.68. The predicted octanol–water partition coefficient (Wildman–Crippen LogP) is 4.87. The summed E-state index contributed by atoms with van der Waals surface area (Å²) in [5, 5.41) is 9.43. The zero-order valence-electron chi connectivity index (χ0n) is 21.0. The lowest BCUT2D eigenvalue weighted by Gasteiger charge is -2.54. The molecule has 36 heavy (non-hydrogen) atoms. The van der Waals surface area contributed by atoms with E-state index >= 15 is 0 Å². The molecule has 0 radical (unpaired) electrons. The molecule has 1 spiro atoms. The molecule has 4 atom stereocenters. The largest absolute Gasteiger partial charge is 0.487 e. The van der Waals surface area contributed by atoms with Gasteiger partial charge in [-0.2, -0.15) is 0 Å². The number of carboxylic acid groups (broad SMARTS) is 1. The van der Waals surface area contributed by atoms with Crippen LogP contribution in [-0.2, 0) is 33.6 Å². The zero-order valence-corrected chi connectivity index (χ0v) is 21.0. The third-order valence-corrected chi connectivity index (χ3v) is 9.10. The Morgan fingerprint density at radius 1 is 1.11 bits per heavy atom. The van der Waals surface area contributed by atoms with Gasteiger partial charge in [-0.3, -0.25) is 9.59 Å². The van der Waals surface area contributed by atoms with Gasteiger partial charge in [0.05, 0.1) is 24.7 Å². The Morgan fingerprint density at radius 2 is 1.94 bits per heavy atom. The number of carbonyl (C=O) groups is 2. The van der Waals surface area contributed by atoms with Gasteiger partial charge in [-0.25, -0.2) is 0 Å². The number of rotatable bonds is 5. The van der Waals surface area contributed by atoms with Crippen LogP contribution in [-0.4, -0.2) is 46.2 Å². The molecule has 6 nitrogen and oxygen atoms in total. The summed E-state index contributed by atoms with van der Waals surface area (Å²) < 4.78 is 13.1. The van der Waals surface area contributed by atoms with Gasteiger partial charge in [0.1, 0.15) is 11.4 Å². The van der Waals surface area contributed by atoms with Crippen LogP contribution in [0.2, 0.25) is 0 Å². The number of likely N-dealkylation sites (tertiary alicyclic amines) is 1. The van der Waals surface area contributed by atoms with Crippen molar-refractivity contribution >= 4 is 11.9 Å². The Morgan fingerprint density at radius 3 is 2.81 bits per heavy atom. The number of amides is 1. The number of aliphatic carboxylic acids is 1. The fourth-order valence-electron chi connectivity index (χ4n) is 7.20. The molecule has 2 fully saturated rings. The summed E-state index contributed by atoms with van der Waals surface area (Å²) in [7, 11) is 0. The Hall–Kier alpha value is -2.86. The molecule has 190 valence electrons. The number of para-hydroxylation sites is 1. The second kappa shape index (κ2) is 8.91. The van der Waals surface area contributed by atoms with E-state index in [1.165, 1.54) is 17.5 Å². The number of hydrogen-bond acceptors (Lipinski definition) is 4. The normalized spacial score (nSPS) is 30.4. The highest BCUT2D eigenvalue weighted by Gasteiger charge is 2.57. The molecule has 1 aliphatic carbocycles. The quantitative estimate of drug-likeness (QED) is 0.648. The van der Waals surface area contributed by atoms with Crippen molar-refractivity contribution in [3.05, 3.63) is 64.7 Å². The highest BCUT2D eigenvalue weighted by molar-refractivity contribution is 5.80. The molecule has 0 unspecified atom stereocenters. The Kier molecular flexibility index (Phi) is 5.83. The highest BCUT2D eigenvalue weighted by Crippen LogP contribution is 2.55. The number of carboxylic acids is 1. The predicted molar refractivity (Wildman–Crippen MR) is 135 cm³/mol. The van der Waals surface area contributed by atoms with E-state index < -0.39 is 11.6 Å². The summed E-state index contributed by atoms with van der Waals surface area (Å²) in [6.07, 6.45) is 6.78. The molecule has 3 heterocycles. The van der Waals surface area contributed by atoms with Crippen LogP contribution < -0.4 is 4.74 Å². The Labute approximate surface area is 212 Å². The second-order valence-electron chi connectivity index (χ2n) is 11.4. The molecule has 0 bridgehead atoms. The van der Waals surface area contributed by atoms with E-state index in [2.05, 4.69) is 23.1 Å². The Balaban J connectivity index is 1.27. The van der Waals surface area contributed by atoms with E-state index in [9.17, 15) is 14.7 Å². The average Bonchev–Trinajstić information content (AvgIpc) is 3.50. The monoisotopic (exact) mass is 489 g/mol. The SMILES string of the molecule is C[C@@]1(CCC(=O)O)Oc2ccccc2[C@@H]2OC[C@]3(CCCN3C(=O)Cc3ccc4c(c3)CCC4)C[C@H]21. The third kappa shape index (κ3) is 4.00. The van der Waals surface area contributed by atoms with Gasteiger partial charge in [-0.15, -0.1) is 0 Å². The number of ether oxygens (including phenoxy) is 2. The number of hydrogen-bond donors (Lipinski definition) is 1. The summed E-state index contributed by atoms with van der Waals surface area (Å²) >= 11 is 0. The molecule has 6 heteroatoms. The minimum atomic E-state index is -0.825. The van der Waals surface area contributed by atoms with Gasteiger partial charge in [0.15, 0.2) is 0 Å². The average molecular weight is 490 g/mol. The lowest BCUT2D eigenvalue weighted by Crippen LogP contribution is -2.60. The molecule has 4 aliphatic rings. The van der Waals surface area contributed by atoms with Crippen LogP contribution in [0, 0.1) is 5.92 Å². The van der Waals surface area contributed by atoms with Crippen LogP contribution in [0.15, 0.2) is 42.5 Å². The molecular formula is C30H35NO5. The first-order chi connectivity index (χ1) is 17.4. The van der Waals surface area contributed by atoms with Gasteiger partial charge < -0.3 is 19.5 Å². The van der Waals surface area contributed by atoms with Crippen LogP contribution >= 0.6 is 0 Å². The molecule has 0 saturated carbocycles. The van der Waals surface area contributed by atoms with Gasteiger partial charge in [-0.1, -0.05) is 36.4 Å². The van der Waals surface area contributed by atoms with Crippen molar-refractivity contribution < 1.29 is 24.2 Å². The summed E-state index contributed by atoms with van der Waals surface area (Å²) in [5.41, 5.74) is 3.90. The summed E-state index contributed by atoms with van der Waals surface area (Å²) in [5.74, 6) is 0.0815. The third-order valence-electron chi connectivity index (χ3n) is 9.10. The van der Waals surface area contributed by atoms with Gasteiger partial charge in [0, 0.05) is 24.4 Å². The van der Waals surface area contributed by atoms with Crippen LogP contribution in [0.1, 0.15) is 73.8 Å². The van der Waals surface area contributed by atoms with E-state index in [0.29, 0.717) is 19.4 Å². The smallest absolute Gasteiger partial charge is 0.303 e. The van der Waals surface area contributed by atoms with Crippen LogP contribution in [0.3, 0.4) is 0 Å². The highest BCUT2D eigenvalue weighted by atomic mass is 16.5. The van der Waals surface area contributed by atoms with Crippen molar-refractivity contribution in [1.29, 1.82) is 0 Å². The van der Waals surface area contributed by atoms with Crippen molar-refractivity contribution in [3.63, 3.8) is 0 Å². The van der Waals surface area contributed by atoms with E-state index in [0.717, 1.165) is 55.5 Å². The van der Waals surface area contributed by atoms with Crippen molar-refractivity contribution in [1.82, 2.24) is 4.90 Å². The lowest BCUT2D eigenvalue weighted by molar-refractivity contribution is -0.179. The minimum absolute atomic E-state index is 0.0334. The second-order valence-corrected chi connectivity index (χ2v) is 11.4. The number of fused-ring (bicyclic) bond motifs is 4. The maximum Gasteiger partial charge on any atom is 0.303 e. The zero-order chi connectivity index (χ0) is 24.9. The fraction of sp³-hybridized carbons (Fsp3) is 0.533. The number of nitrogens with zero attached hydrogens (tertiary/aromatic N) is 1. The van der Waals surface area contributed by atoms with Crippen molar-refractivity contribution in [2.24, 2.45) is 5.92 Å². The van der Waals surface area contributed by atoms with E-state index in [1.807, 2.05) is 31.2 Å². The van der Waals surface area contributed by atoms with Crippen molar-refractivity contribution in [2.45, 2.75) is 82.0 Å². The Bertz CT molecular complexity index is 1190. The summed E-state index contributed by atoms with van der Waals surface area (Å²) in [6, 6.07) is 14.5. The fourth-order valence-corrected chi connectivity index (χ4v) is 7.20. The molecule has 0 aromatic heterocycles. The van der Waals surface area contributed by atoms with E-state index in [-0.39, 0.29) is 29.9 Å². The summed E-state index contributed by atoms with van der Waals surface area (Å²) in [4.78, 5) is 27.2. The van der Waals surface area contributed by atoms with E-state index in [4.69, 9.17) is 9.47 Å². The standard InChI is InChI=1S/C30H35NO5/c1-29(14-12-27(33)34)24-18-30(19-35-28(24)23-8-2-3-9-25(23)36-29)13-5-15-31(30)26(32)17-20-10-11-21-6-4-7-22(21)16-20/h2-3,8-11,16,24,28H,4-7,12-15,17-19H2,1H3,(H,33,34)/t24-,28+,29+,30+/m1/s1. The molecule has 6 rings (SSSR count). The molecule has 3 aliphatic heterocycles. The first-order valence-electron chi connectivity index (χ1n) is 13.4. The maximum atomic E-state index is 13.7. The van der Waals surface area contributed by atoms with Gasteiger partial charge in [0.25, 0.3) is 0 Å². The van der Waals surface area contributed by atoms with Crippen LogP contribution in [0.5, 0.6) is 5.75 Å². The number of carbonyl (C=O) groups excluding carboxylic acids is 1. The number of aryl methyl sites for hydroxylation is 2. The molecule has 2 aromatic carbocycles. The van der Waals surface area contributed by atoms with Gasteiger partial charge >= 0.3 is 5.97 Å². The maximum absolute atomic E-state index is 13.7. The summed E-state index contributed by atoms with van der Waals surface area (Å²) in [6.45, 7) is 3.28. The first-order valence-corrected chi connectivity index (χ1v) is 13.4. The first kappa shape index (κ1) is 23.5. The van der Waals surface area contributed by atoms with Crippen LogP contribution in [0.4, 0.5) is 0 Å². The molecule has 1 amide bonds. The van der Waals surface area contributed by atoms with Crippen LogP contribution in [0.25, 0.3) is 0 Å².